The van der Waals surface area contributed by atoms with E-state index in [4.69, 9.17) is 22.9 Å². The molecule has 0 spiro atoms. The third kappa shape index (κ3) is 5.24. The second-order valence-corrected chi connectivity index (χ2v) is 4.95. The Morgan fingerprint density at radius 2 is 1.09 bits per heavy atom. The van der Waals surface area contributed by atoms with Crippen molar-refractivity contribution < 1.29 is 4.79 Å². The highest BCUT2D eigenvalue weighted by Crippen LogP contribution is 2.15. The molecule has 0 fully saturated rings. The van der Waals surface area contributed by atoms with Gasteiger partial charge in [-0.3, -0.25) is 27.7 Å². The van der Waals surface area contributed by atoms with Crippen molar-refractivity contribution in [1.29, 1.82) is 0 Å². The van der Waals surface area contributed by atoms with Gasteiger partial charge in [0.05, 0.1) is 0 Å². The predicted octanol–water partition coefficient (Wildman–Crippen LogP) is 0.165. The first kappa shape index (κ1) is 16.7. The molecule has 23 heavy (non-hydrogen) atoms. The maximum atomic E-state index is 12.2. The maximum absolute atomic E-state index is 12.2. The summed E-state index contributed by atoms with van der Waals surface area (Å²) in [6, 6.07) is 13.9. The molecule has 0 aromatic heterocycles. The summed E-state index contributed by atoms with van der Waals surface area (Å²) in [7, 11) is 0. The number of carbonyl (C=O) groups is 1. The molecular formula is C15H21N7O. The van der Waals surface area contributed by atoms with E-state index in [2.05, 4.69) is 16.0 Å². The van der Waals surface area contributed by atoms with Crippen molar-refractivity contribution in [3.8, 4) is 0 Å². The highest BCUT2D eigenvalue weighted by molar-refractivity contribution is 6.04. The lowest BCUT2D eigenvalue weighted by atomic mass is 10.2. The molecule has 2 aromatic carbocycles. The Hall–Kier alpha value is -2.65. The van der Waals surface area contributed by atoms with Gasteiger partial charge < -0.3 is 16.0 Å². The molecule has 2 aromatic rings. The SMILES string of the molecule is NC(N)Nc1ccc(NC(=O)c2ccc(NC(N)N)cc2)cc1. The van der Waals surface area contributed by atoms with Gasteiger partial charge in [0.15, 0.2) is 0 Å². The Bertz CT molecular complexity index is 638. The van der Waals surface area contributed by atoms with Crippen molar-refractivity contribution in [3.05, 3.63) is 54.1 Å². The molecule has 0 atom stereocenters. The van der Waals surface area contributed by atoms with E-state index in [1.165, 1.54) is 0 Å². The van der Waals surface area contributed by atoms with Crippen molar-refractivity contribution in [3.63, 3.8) is 0 Å². The minimum Gasteiger partial charge on any atom is -0.358 e. The van der Waals surface area contributed by atoms with Gasteiger partial charge >= 0.3 is 0 Å². The lowest BCUT2D eigenvalue weighted by molar-refractivity contribution is 0.102. The van der Waals surface area contributed by atoms with E-state index >= 15 is 0 Å². The van der Waals surface area contributed by atoms with E-state index in [-0.39, 0.29) is 5.91 Å². The van der Waals surface area contributed by atoms with Crippen LogP contribution >= 0.6 is 0 Å². The summed E-state index contributed by atoms with van der Waals surface area (Å²) in [5.74, 6) is -0.218. The van der Waals surface area contributed by atoms with Crippen molar-refractivity contribution >= 4 is 23.0 Å². The molecule has 2 rings (SSSR count). The first-order valence-corrected chi connectivity index (χ1v) is 7.01. The highest BCUT2D eigenvalue weighted by atomic mass is 16.1. The fraction of sp³-hybridized carbons (Fsp3) is 0.133. The fourth-order valence-corrected chi connectivity index (χ4v) is 1.96. The van der Waals surface area contributed by atoms with E-state index < -0.39 is 12.6 Å². The molecule has 0 saturated carbocycles. The summed E-state index contributed by atoms with van der Waals surface area (Å²) in [6.45, 7) is 0. The summed E-state index contributed by atoms with van der Waals surface area (Å²) >= 11 is 0. The van der Waals surface area contributed by atoms with Crippen LogP contribution in [0.1, 0.15) is 10.4 Å². The fourth-order valence-electron chi connectivity index (χ4n) is 1.96. The molecule has 0 unspecified atom stereocenters. The number of carbonyl (C=O) groups excluding carboxylic acids is 1. The molecule has 0 heterocycles. The number of benzene rings is 2. The van der Waals surface area contributed by atoms with Crippen molar-refractivity contribution in [2.75, 3.05) is 16.0 Å². The van der Waals surface area contributed by atoms with Gasteiger partial charge in [-0.1, -0.05) is 0 Å². The number of hydrogen-bond donors (Lipinski definition) is 7. The molecule has 8 nitrogen and oxygen atoms in total. The molecule has 8 heteroatoms. The monoisotopic (exact) mass is 315 g/mol. The highest BCUT2D eigenvalue weighted by Gasteiger charge is 2.06. The largest absolute Gasteiger partial charge is 0.358 e. The summed E-state index contributed by atoms with van der Waals surface area (Å²) in [5, 5.41) is 8.49. The van der Waals surface area contributed by atoms with Crippen LogP contribution < -0.4 is 38.9 Å². The van der Waals surface area contributed by atoms with E-state index in [1.54, 1.807) is 48.5 Å². The van der Waals surface area contributed by atoms with E-state index in [0.29, 0.717) is 11.3 Å². The van der Waals surface area contributed by atoms with E-state index in [0.717, 1.165) is 11.4 Å². The van der Waals surface area contributed by atoms with Gasteiger partial charge in [-0.15, -0.1) is 0 Å². The van der Waals surface area contributed by atoms with Gasteiger partial charge in [0.1, 0.15) is 12.6 Å². The average Bonchev–Trinajstić information content (AvgIpc) is 2.49. The van der Waals surface area contributed by atoms with Crippen LogP contribution in [0.5, 0.6) is 0 Å². The summed E-state index contributed by atoms with van der Waals surface area (Å²) < 4.78 is 0. The molecule has 0 aliphatic heterocycles. The number of nitrogens with two attached hydrogens (primary N) is 4. The number of anilines is 3. The second-order valence-electron chi connectivity index (χ2n) is 4.95. The molecule has 11 N–H and O–H groups in total. The molecule has 0 aliphatic rings. The topological polar surface area (TPSA) is 157 Å². The molecule has 0 radical (unpaired) electrons. The third-order valence-electron chi connectivity index (χ3n) is 2.96. The normalized spacial score (nSPS) is 10.7. The molecule has 1 amide bonds. The predicted molar refractivity (Wildman–Crippen MR) is 92.4 cm³/mol. The van der Waals surface area contributed by atoms with Crippen LogP contribution in [-0.4, -0.2) is 18.5 Å². The summed E-state index contributed by atoms with van der Waals surface area (Å²) in [4.78, 5) is 12.2. The molecule has 0 aliphatic carbocycles. The van der Waals surface area contributed by atoms with Crippen molar-refractivity contribution in [1.82, 2.24) is 0 Å². The first-order valence-electron chi connectivity index (χ1n) is 7.01. The van der Waals surface area contributed by atoms with Crippen LogP contribution in [-0.2, 0) is 0 Å². The Balaban J connectivity index is 1.98. The van der Waals surface area contributed by atoms with Crippen LogP contribution in [0.15, 0.2) is 48.5 Å². The van der Waals surface area contributed by atoms with Crippen LogP contribution in [0.2, 0.25) is 0 Å². The van der Waals surface area contributed by atoms with Crippen LogP contribution in [0, 0.1) is 0 Å². The zero-order chi connectivity index (χ0) is 16.8. The minimum absolute atomic E-state index is 0.218. The van der Waals surface area contributed by atoms with Gasteiger partial charge in [-0.05, 0) is 48.5 Å². The Morgan fingerprint density at radius 1 is 0.696 bits per heavy atom. The van der Waals surface area contributed by atoms with Gasteiger partial charge in [0.2, 0.25) is 0 Å². The zero-order valence-corrected chi connectivity index (χ0v) is 12.5. The van der Waals surface area contributed by atoms with Crippen LogP contribution in [0.3, 0.4) is 0 Å². The maximum Gasteiger partial charge on any atom is 0.255 e. The molecule has 0 bridgehead atoms. The zero-order valence-electron chi connectivity index (χ0n) is 12.5. The lowest BCUT2D eigenvalue weighted by Crippen LogP contribution is -2.38. The smallest absolute Gasteiger partial charge is 0.255 e. The quantitative estimate of drug-likeness (QED) is 0.374. The number of amides is 1. The van der Waals surface area contributed by atoms with Crippen LogP contribution in [0.25, 0.3) is 0 Å². The minimum atomic E-state index is -0.650. The lowest BCUT2D eigenvalue weighted by Gasteiger charge is -2.12. The summed E-state index contributed by atoms with van der Waals surface area (Å²) in [5.41, 5.74) is 24.4. The number of rotatable bonds is 6. The third-order valence-corrected chi connectivity index (χ3v) is 2.96. The molecule has 122 valence electrons. The van der Waals surface area contributed by atoms with Crippen molar-refractivity contribution in [2.45, 2.75) is 12.6 Å². The summed E-state index contributed by atoms with van der Waals surface area (Å²) in [6.07, 6.45) is -1.28. The van der Waals surface area contributed by atoms with Gasteiger partial charge in [-0.25, -0.2) is 0 Å². The Kier molecular flexibility index (Phi) is 5.50. The molecule has 0 saturated heterocycles. The van der Waals surface area contributed by atoms with Crippen molar-refractivity contribution in [2.24, 2.45) is 22.9 Å². The average molecular weight is 315 g/mol. The van der Waals surface area contributed by atoms with Gasteiger partial charge in [-0.2, -0.15) is 0 Å². The molecular weight excluding hydrogens is 294 g/mol. The van der Waals surface area contributed by atoms with Gasteiger partial charge in [0.25, 0.3) is 5.91 Å². The number of hydrogen-bond acceptors (Lipinski definition) is 7. The Morgan fingerprint density at radius 3 is 1.52 bits per heavy atom. The van der Waals surface area contributed by atoms with Gasteiger partial charge in [0, 0.05) is 22.6 Å². The van der Waals surface area contributed by atoms with E-state index in [9.17, 15) is 4.79 Å². The Labute approximate surface area is 134 Å². The second kappa shape index (κ2) is 7.56. The van der Waals surface area contributed by atoms with E-state index in [1.807, 2.05) is 0 Å². The standard InChI is InChI=1S/C15H21N7O/c16-14(17)21-11-3-1-9(2-4-11)13(23)20-10-5-7-12(8-6-10)22-15(18)19/h1-8,14-15,21-22H,16-19H2,(H,20,23). The number of nitrogens with one attached hydrogen (secondary N) is 3. The first-order chi connectivity index (χ1) is 10.9. The van der Waals surface area contributed by atoms with Crippen LogP contribution in [0.4, 0.5) is 17.1 Å².